The molecule has 21 heavy (non-hydrogen) atoms. The maximum Gasteiger partial charge on any atom is 0.245 e. The molecule has 4 nitrogen and oxygen atoms in total. The number of hydrogen-bond donors (Lipinski definition) is 2. The van der Waals surface area contributed by atoms with Crippen LogP contribution in [0.4, 0.5) is 11.4 Å². The maximum atomic E-state index is 11.7. The fraction of sp³-hybridized carbons (Fsp3) is 0.562. The molecule has 5 heteroatoms. The van der Waals surface area contributed by atoms with Gasteiger partial charge in [-0.25, -0.2) is 0 Å². The lowest BCUT2D eigenvalue weighted by Gasteiger charge is -2.36. The molecule has 1 unspecified atom stereocenters. The molecule has 1 aliphatic heterocycles. The molecule has 114 valence electrons. The second-order valence-electron chi connectivity index (χ2n) is 5.94. The molecule has 1 aromatic rings. The highest BCUT2D eigenvalue weighted by atomic mass is 79.9. The molecule has 1 aliphatic carbocycles. The van der Waals surface area contributed by atoms with Gasteiger partial charge in [0.1, 0.15) is 6.04 Å². The summed E-state index contributed by atoms with van der Waals surface area (Å²) in [6.45, 7) is 3.17. The molecule has 1 fully saturated rings. The lowest BCUT2D eigenvalue weighted by molar-refractivity contribution is -0.116. The van der Waals surface area contributed by atoms with Crippen molar-refractivity contribution in [2.45, 2.75) is 51.1 Å². The van der Waals surface area contributed by atoms with Crippen molar-refractivity contribution < 1.29 is 4.79 Å². The number of nitrogens with one attached hydrogen (secondary N) is 1. The topological polar surface area (TPSA) is 58.4 Å². The van der Waals surface area contributed by atoms with Crippen molar-refractivity contribution in [3.8, 4) is 0 Å². The highest BCUT2D eigenvalue weighted by Gasteiger charge is 2.30. The zero-order chi connectivity index (χ0) is 15.0. The number of hydrogen-bond acceptors (Lipinski definition) is 3. The van der Waals surface area contributed by atoms with Crippen molar-refractivity contribution in [2.24, 2.45) is 5.73 Å². The third-order valence-electron chi connectivity index (χ3n) is 4.66. The van der Waals surface area contributed by atoms with E-state index in [0.29, 0.717) is 6.04 Å². The Kier molecular flexibility index (Phi) is 4.22. The first-order chi connectivity index (χ1) is 10.1. The van der Waals surface area contributed by atoms with Crippen LogP contribution in [0, 0.1) is 0 Å². The number of fused-ring (bicyclic) bond motifs is 1. The molecule has 1 saturated carbocycles. The van der Waals surface area contributed by atoms with Crippen molar-refractivity contribution in [1.82, 2.24) is 0 Å². The largest absolute Gasteiger partial charge is 0.368 e. The summed E-state index contributed by atoms with van der Waals surface area (Å²) in [7, 11) is 0. The molecule has 1 amide bonds. The van der Waals surface area contributed by atoms with Crippen LogP contribution in [-0.2, 0) is 4.79 Å². The van der Waals surface area contributed by atoms with Crippen LogP contribution in [0.3, 0.4) is 0 Å². The molecular formula is C16H22BrN3O. The molecule has 1 heterocycles. The first kappa shape index (κ1) is 14.9. The zero-order valence-electron chi connectivity index (χ0n) is 12.4. The number of nitrogens with zero attached hydrogens (tertiary/aromatic N) is 1. The standard InChI is InChI=1S/C16H22BrN3O/c1-2-20(10-6-4-3-5-7-10)14-9-13-11(8-12(14)17)15(18)16(21)19-13/h8-10,15H,2-7,18H2,1H3,(H,19,21). The Balaban J connectivity index is 1.94. The van der Waals surface area contributed by atoms with E-state index in [-0.39, 0.29) is 5.91 Å². The summed E-state index contributed by atoms with van der Waals surface area (Å²) in [5, 5.41) is 2.89. The summed E-state index contributed by atoms with van der Waals surface area (Å²) in [4.78, 5) is 14.2. The van der Waals surface area contributed by atoms with Gasteiger partial charge in [0.05, 0.1) is 5.69 Å². The van der Waals surface area contributed by atoms with Crippen LogP contribution in [0.5, 0.6) is 0 Å². The van der Waals surface area contributed by atoms with E-state index in [4.69, 9.17) is 5.73 Å². The van der Waals surface area contributed by atoms with Gasteiger partial charge in [0.15, 0.2) is 0 Å². The van der Waals surface area contributed by atoms with E-state index in [1.807, 2.05) is 6.07 Å². The summed E-state index contributed by atoms with van der Waals surface area (Å²) in [5.74, 6) is -0.116. The van der Waals surface area contributed by atoms with Gasteiger partial charge in [-0.05, 0) is 47.8 Å². The number of anilines is 2. The van der Waals surface area contributed by atoms with Crippen LogP contribution in [0.2, 0.25) is 0 Å². The van der Waals surface area contributed by atoms with E-state index < -0.39 is 6.04 Å². The number of carbonyl (C=O) groups is 1. The van der Waals surface area contributed by atoms with Crippen molar-refractivity contribution in [3.63, 3.8) is 0 Å². The van der Waals surface area contributed by atoms with Crippen molar-refractivity contribution in [3.05, 3.63) is 22.2 Å². The monoisotopic (exact) mass is 351 g/mol. The predicted octanol–water partition coefficient (Wildman–Crippen LogP) is 3.56. The number of halogens is 1. The Morgan fingerprint density at radius 1 is 1.33 bits per heavy atom. The van der Waals surface area contributed by atoms with Gasteiger partial charge in [0, 0.05) is 28.3 Å². The van der Waals surface area contributed by atoms with Gasteiger partial charge in [0.25, 0.3) is 0 Å². The molecule has 2 aliphatic rings. The van der Waals surface area contributed by atoms with E-state index in [9.17, 15) is 4.79 Å². The molecule has 0 radical (unpaired) electrons. The van der Waals surface area contributed by atoms with Gasteiger partial charge in [-0.15, -0.1) is 0 Å². The normalized spacial score (nSPS) is 22.0. The van der Waals surface area contributed by atoms with Gasteiger partial charge in [-0.3, -0.25) is 4.79 Å². The number of carbonyl (C=O) groups excluding carboxylic acids is 1. The third-order valence-corrected chi connectivity index (χ3v) is 5.30. The summed E-state index contributed by atoms with van der Waals surface area (Å²) < 4.78 is 1.03. The van der Waals surface area contributed by atoms with E-state index in [0.717, 1.165) is 28.0 Å². The zero-order valence-corrected chi connectivity index (χ0v) is 13.9. The van der Waals surface area contributed by atoms with Crippen molar-refractivity contribution in [1.29, 1.82) is 0 Å². The van der Waals surface area contributed by atoms with E-state index in [1.54, 1.807) is 0 Å². The minimum Gasteiger partial charge on any atom is -0.368 e. The average Bonchev–Trinajstić information content (AvgIpc) is 2.76. The minimum atomic E-state index is -0.546. The Morgan fingerprint density at radius 2 is 2.05 bits per heavy atom. The van der Waals surface area contributed by atoms with Crippen LogP contribution >= 0.6 is 15.9 Å². The Bertz CT molecular complexity index is 555. The molecule has 0 spiro atoms. The van der Waals surface area contributed by atoms with Crippen molar-refractivity contribution >= 4 is 33.2 Å². The van der Waals surface area contributed by atoms with Gasteiger partial charge < -0.3 is 16.0 Å². The van der Waals surface area contributed by atoms with Gasteiger partial charge in [-0.2, -0.15) is 0 Å². The molecule has 0 aromatic heterocycles. The summed E-state index contributed by atoms with van der Waals surface area (Å²) in [6, 6.07) is 4.13. The Hall–Kier alpha value is -1.07. The summed E-state index contributed by atoms with van der Waals surface area (Å²) in [5.41, 5.74) is 8.82. The molecule has 0 bridgehead atoms. The van der Waals surface area contributed by atoms with E-state index in [2.05, 4.69) is 39.1 Å². The molecule has 3 N–H and O–H groups in total. The molecule has 1 aromatic carbocycles. The fourth-order valence-electron chi connectivity index (χ4n) is 3.53. The lowest BCUT2D eigenvalue weighted by Crippen LogP contribution is -2.36. The maximum absolute atomic E-state index is 11.7. The average molecular weight is 352 g/mol. The minimum absolute atomic E-state index is 0.116. The van der Waals surface area contributed by atoms with E-state index >= 15 is 0 Å². The fourth-order valence-corrected chi connectivity index (χ4v) is 4.12. The smallest absolute Gasteiger partial charge is 0.245 e. The highest BCUT2D eigenvalue weighted by molar-refractivity contribution is 9.10. The Labute approximate surface area is 134 Å². The summed E-state index contributed by atoms with van der Waals surface area (Å²) in [6.07, 6.45) is 6.48. The first-order valence-corrected chi connectivity index (χ1v) is 8.57. The number of benzene rings is 1. The van der Waals surface area contributed by atoms with Crippen LogP contribution in [-0.4, -0.2) is 18.5 Å². The molecule has 3 rings (SSSR count). The highest BCUT2D eigenvalue weighted by Crippen LogP contribution is 2.40. The Morgan fingerprint density at radius 3 is 2.71 bits per heavy atom. The summed E-state index contributed by atoms with van der Waals surface area (Å²) >= 11 is 3.67. The van der Waals surface area contributed by atoms with Crippen LogP contribution < -0.4 is 16.0 Å². The van der Waals surface area contributed by atoms with Crippen LogP contribution in [0.25, 0.3) is 0 Å². The van der Waals surface area contributed by atoms with Crippen molar-refractivity contribution in [2.75, 3.05) is 16.8 Å². The van der Waals surface area contributed by atoms with Gasteiger partial charge >= 0.3 is 0 Å². The number of nitrogens with two attached hydrogens (primary N) is 1. The number of amides is 1. The second-order valence-corrected chi connectivity index (χ2v) is 6.79. The third kappa shape index (κ3) is 2.69. The van der Waals surface area contributed by atoms with Crippen LogP contribution in [0.15, 0.2) is 16.6 Å². The van der Waals surface area contributed by atoms with E-state index in [1.165, 1.54) is 32.1 Å². The molecular weight excluding hydrogens is 330 g/mol. The quantitative estimate of drug-likeness (QED) is 0.875. The SMILES string of the molecule is CCN(c1cc2c(cc1Br)C(N)C(=O)N2)C1CCCCC1. The lowest BCUT2D eigenvalue weighted by atomic mass is 9.93. The van der Waals surface area contributed by atoms with Crippen LogP contribution in [0.1, 0.15) is 50.6 Å². The van der Waals surface area contributed by atoms with Gasteiger partial charge in [-0.1, -0.05) is 19.3 Å². The predicted molar refractivity (Wildman–Crippen MR) is 89.6 cm³/mol. The first-order valence-electron chi connectivity index (χ1n) is 7.78. The molecule has 0 saturated heterocycles. The number of rotatable bonds is 3. The molecule has 1 atom stereocenters. The van der Waals surface area contributed by atoms with Gasteiger partial charge in [0.2, 0.25) is 5.91 Å². The second kappa shape index (κ2) is 5.97.